The molecule has 5 fully saturated rings. The zero-order valence-electron chi connectivity index (χ0n) is 16.9. The van der Waals surface area contributed by atoms with E-state index >= 15 is 0 Å². The number of benzene rings is 1. The van der Waals surface area contributed by atoms with E-state index in [1.165, 1.54) is 24.8 Å². The van der Waals surface area contributed by atoms with Crippen molar-refractivity contribution >= 4 is 5.91 Å². The topological polar surface area (TPSA) is 41.1 Å². The van der Waals surface area contributed by atoms with E-state index in [1.807, 2.05) is 0 Å². The number of piperidine rings is 1. The van der Waals surface area contributed by atoms with E-state index in [0.29, 0.717) is 5.91 Å². The molecule has 1 aliphatic heterocycles. The SMILES string of the molecule is CCC12CC3CC(c4ccccc4)(C1)CC2(C(=O)NC1(C)CCNCC1)C3. The highest BCUT2D eigenvalue weighted by molar-refractivity contribution is 5.86. The molecule has 2 N–H and O–H groups in total. The van der Waals surface area contributed by atoms with Crippen LogP contribution in [0, 0.1) is 16.7 Å². The van der Waals surface area contributed by atoms with Gasteiger partial charge in [-0.1, -0.05) is 37.3 Å². The third kappa shape index (κ3) is 2.40. The van der Waals surface area contributed by atoms with E-state index in [-0.39, 0.29) is 21.8 Å². The minimum Gasteiger partial charge on any atom is -0.350 e. The van der Waals surface area contributed by atoms with E-state index in [2.05, 4.69) is 54.8 Å². The number of hydrogen-bond donors (Lipinski definition) is 2. The Bertz CT molecular complexity index is 740. The lowest BCUT2D eigenvalue weighted by atomic mass is 9.63. The van der Waals surface area contributed by atoms with Gasteiger partial charge in [-0.05, 0) is 93.7 Å². The lowest BCUT2D eigenvalue weighted by Crippen LogP contribution is -2.58. The Kier molecular flexibility index (Phi) is 3.82. The number of hydrogen-bond acceptors (Lipinski definition) is 2. The molecule has 0 spiro atoms. The molecule has 1 heterocycles. The molecule has 146 valence electrons. The largest absolute Gasteiger partial charge is 0.350 e. The average molecular weight is 367 g/mol. The van der Waals surface area contributed by atoms with Crippen LogP contribution in [-0.4, -0.2) is 24.5 Å². The van der Waals surface area contributed by atoms with Gasteiger partial charge in [0.15, 0.2) is 0 Å². The van der Waals surface area contributed by atoms with Gasteiger partial charge in [-0.25, -0.2) is 0 Å². The summed E-state index contributed by atoms with van der Waals surface area (Å²) in [6.07, 6.45) is 9.18. The minimum absolute atomic E-state index is 0.0359. The van der Waals surface area contributed by atoms with Crippen LogP contribution in [-0.2, 0) is 10.2 Å². The zero-order chi connectivity index (χ0) is 18.8. The van der Waals surface area contributed by atoms with Gasteiger partial charge in [-0.15, -0.1) is 0 Å². The Morgan fingerprint density at radius 1 is 1.11 bits per heavy atom. The second-order valence-electron chi connectivity index (χ2n) is 10.5. The van der Waals surface area contributed by atoms with Crippen molar-refractivity contribution in [1.29, 1.82) is 0 Å². The predicted molar refractivity (Wildman–Crippen MR) is 109 cm³/mol. The summed E-state index contributed by atoms with van der Waals surface area (Å²) >= 11 is 0. The van der Waals surface area contributed by atoms with Gasteiger partial charge in [0.2, 0.25) is 5.91 Å². The molecule has 4 atom stereocenters. The van der Waals surface area contributed by atoms with Gasteiger partial charge in [0.1, 0.15) is 0 Å². The third-order valence-electron chi connectivity index (χ3n) is 8.95. The number of rotatable bonds is 4. The summed E-state index contributed by atoms with van der Waals surface area (Å²) in [6.45, 7) is 6.62. The summed E-state index contributed by atoms with van der Waals surface area (Å²) in [7, 11) is 0. The van der Waals surface area contributed by atoms with E-state index in [0.717, 1.165) is 51.1 Å². The molecule has 1 aromatic carbocycles. The fourth-order valence-electron chi connectivity index (χ4n) is 7.79. The van der Waals surface area contributed by atoms with E-state index in [4.69, 9.17) is 0 Å². The maximum Gasteiger partial charge on any atom is 0.227 e. The molecule has 3 nitrogen and oxygen atoms in total. The number of nitrogens with one attached hydrogen (secondary N) is 2. The van der Waals surface area contributed by atoms with Gasteiger partial charge in [-0.3, -0.25) is 4.79 Å². The molecule has 0 aromatic heterocycles. The van der Waals surface area contributed by atoms with Crippen molar-refractivity contribution in [3.8, 4) is 0 Å². The first-order valence-electron chi connectivity index (χ1n) is 11.0. The van der Waals surface area contributed by atoms with Crippen LogP contribution >= 0.6 is 0 Å². The smallest absolute Gasteiger partial charge is 0.227 e. The first-order chi connectivity index (χ1) is 13.0. The Hall–Kier alpha value is -1.35. The van der Waals surface area contributed by atoms with E-state index in [1.54, 1.807) is 0 Å². The summed E-state index contributed by atoms with van der Waals surface area (Å²) in [5.74, 6) is 1.10. The Morgan fingerprint density at radius 3 is 2.56 bits per heavy atom. The van der Waals surface area contributed by atoms with Crippen molar-refractivity contribution in [2.24, 2.45) is 16.7 Å². The first kappa shape index (κ1) is 17.7. The molecule has 1 saturated heterocycles. The summed E-state index contributed by atoms with van der Waals surface area (Å²) in [5, 5.41) is 7.03. The maximum absolute atomic E-state index is 13.9. The second-order valence-corrected chi connectivity index (χ2v) is 10.5. The molecule has 3 heteroatoms. The van der Waals surface area contributed by atoms with Crippen molar-refractivity contribution in [2.75, 3.05) is 13.1 Å². The van der Waals surface area contributed by atoms with Gasteiger partial charge < -0.3 is 10.6 Å². The van der Waals surface area contributed by atoms with Crippen LogP contribution in [0.2, 0.25) is 0 Å². The molecular formula is C24H34N2O. The van der Waals surface area contributed by atoms with Crippen LogP contribution in [0.1, 0.15) is 70.8 Å². The molecule has 27 heavy (non-hydrogen) atoms. The molecule has 1 aromatic rings. The third-order valence-corrected chi connectivity index (χ3v) is 8.95. The molecular weight excluding hydrogens is 332 g/mol. The van der Waals surface area contributed by atoms with Gasteiger partial charge in [0.25, 0.3) is 0 Å². The quantitative estimate of drug-likeness (QED) is 0.839. The van der Waals surface area contributed by atoms with Gasteiger partial charge in [0.05, 0.1) is 5.41 Å². The molecule has 6 rings (SSSR count). The monoisotopic (exact) mass is 366 g/mol. The Balaban J connectivity index is 1.50. The highest BCUT2D eigenvalue weighted by Crippen LogP contribution is 2.77. The molecule has 4 saturated carbocycles. The zero-order valence-corrected chi connectivity index (χ0v) is 16.9. The number of carbonyl (C=O) groups is 1. The summed E-state index contributed by atoms with van der Waals surface area (Å²) in [6, 6.07) is 11.1. The Labute approximate surface area is 163 Å². The van der Waals surface area contributed by atoms with Crippen molar-refractivity contribution < 1.29 is 4.79 Å². The van der Waals surface area contributed by atoms with Crippen LogP contribution in [0.3, 0.4) is 0 Å². The van der Waals surface area contributed by atoms with Crippen LogP contribution in [0.5, 0.6) is 0 Å². The predicted octanol–water partition coefficient (Wildman–Crippen LogP) is 4.17. The van der Waals surface area contributed by atoms with Crippen molar-refractivity contribution in [3.05, 3.63) is 35.9 Å². The lowest BCUT2D eigenvalue weighted by Gasteiger charge is -2.43. The highest BCUT2D eigenvalue weighted by Gasteiger charge is 2.73. The molecule has 1 amide bonds. The second kappa shape index (κ2) is 5.83. The van der Waals surface area contributed by atoms with Gasteiger partial charge in [-0.2, -0.15) is 0 Å². The van der Waals surface area contributed by atoms with Gasteiger partial charge >= 0.3 is 0 Å². The van der Waals surface area contributed by atoms with Crippen molar-refractivity contribution in [1.82, 2.24) is 10.6 Å². The van der Waals surface area contributed by atoms with E-state index in [9.17, 15) is 4.79 Å². The Morgan fingerprint density at radius 2 is 1.85 bits per heavy atom. The van der Waals surface area contributed by atoms with Crippen molar-refractivity contribution in [3.63, 3.8) is 0 Å². The normalized spacial score (nSPS) is 41.6. The summed E-state index contributed by atoms with van der Waals surface area (Å²) in [5.41, 5.74) is 1.74. The fourth-order valence-corrected chi connectivity index (χ4v) is 7.79. The summed E-state index contributed by atoms with van der Waals surface area (Å²) < 4.78 is 0. The standard InChI is InChI=1S/C24H34N2O/c1-3-23-14-18-13-22(16-23,19-7-5-4-6-8-19)17-24(23,15-18)20(27)26-21(2)9-11-25-12-10-21/h4-8,18,25H,3,9-17H2,1-2H3,(H,26,27). The minimum atomic E-state index is -0.144. The van der Waals surface area contributed by atoms with Crippen molar-refractivity contribution in [2.45, 2.75) is 76.2 Å². The number of amides is 1. The maximum atomic E-state index is 13.9. The van der Waals surface area contributed by atoms with Crippen LogP contribution in [0.25, 0.3) is 0 Å². The van der Waals surface area contributed by atoms with Crippen LogP contribution in [0.15, 0.2) is 30.3 Å². The lowest BCUT2D eigenvalue weighted by molar-refractivity contribution is -0.138. The van der Waals surface area contributed by atoms with E-state index < -0.39 is 0 Å². The van der Waals surface area contributed by atoms with Gasteiger partial charge in [0, 0.05) is 5.54 Å². The van der Waals surface area contributed by atoms with Crippen LogP contribution < -0.4 is 10.6 Å². The average Bonchev–Trinajstić information content (AvgIpc) is 3.03. The summed E-state index contributed by atoms with van der Waals surface area (Å²) in [4.78, 5) is 13.9. The van der Waals surface area contributed by atoms with Crippen LogP contribution in [0.4, 0.5) is 0 Å². The number of carbonyl (C=O) groups excluding carboxylic acids is 1. The molecule has 0 radical (unpaired) electrons. The first-order valence-corrected chi connectivity index (χ1v) is 11.0. The highest BCUT2D eigenvalue weighted by atomic mass is 16.2. The molecule has 4 aliphatic carbocycles. The molecule has 4 bridgehead atoms. The molecule has 5 aliphatic rings. The molecule has 4 unspecified atom stereocenters. The fraction of sp³-hybridized carbons (Fsp3) is 0.708.